The first kappa shape index (κ1) is 13.1. The third kappa shape index (κ3) is 4.79. The predicted molar refractivity (Wildman–Crippen MR) is 53.5 cm³/mol. The molecule has 0 unspecified atom stereocenters. The molecule has 0 amide bonds. The van der Waals surface area contributed by atoms with Gasteiger partial charge < -0.3 is 5.73 Å². The highest BCUT2D eigenvalue weighted by Crippen LogP contribution is 2.27. The lowest BCUT2D eigenvalue weighted by atomic mass is 9.84. The van der Waals surface area contributed by atoms with Crippen LogP contribution in [0.1, 0.15) is 27.2 Å². The van der Waals surface area contributed by atoms with Gasteiger partial charge in [-0.05, 0) is 13.5 Å². The van der Waals surface area contributed by atoms with Crippen molar-refractivity contribution < 1.29 is 0 Å². The average Bonchev–Trinajstić information content (AvgIpc) is 2.06. The lowest BCUT2D eigenvalue weighted by molar-refractivity contribution is 0.563. The van der Waals surface area contributed by atoms with E-state index in [9.17, 15) is 0 Å². The van der Waals surface area contributed by atoms with E-state index in [-0.39, 0.29) is 5.41 Å². The van der Waals surface area contributed by atoms with Gasteiger partial charge in [0.25, 0.3) is 0 Å². The minimum absolute atomic E-state index is 0.120. The van der Waals surface area contributed by atoms with Gasteiger partial charge in [-0.15, -0.1) is 6.58 Å². The van der Waals surface area contributed by atoms with E-state index in [1.165, 1.54) is 12.6 Å². The second-order valence-electron chi connectivity index (χ2n) is 2.88. The summed E-state index contributed by atoms with van der Waals surface area (Å²) >= 11 is 0. The first-order chi connectivity index (χ1) is 5.04. The van der Waals surface area contributed by atoms with Crippen molar-refractivity contribution in [1.82, 2.24) is 0 Å². The largest absolute Gasteiger partial charge is 0.333 e. The summed E-state index contributed by atoms with van der Waals surface area (Å²) in [6.07, 6.45) is 2.98. The van der Waals surface area contributed by atoms with Crippen molar-refractivity contribution in [3.8, 4) is 0 Å². The molecule has 1 nitrogen and oxygen atoms in total. The van der Waals surface area contributed by atoms with E-state index in [0.29, 0.717) is 0 Å². The molecule has 1 heteroatoms. The fraction of sp³-hybridized carbons (Fsp3) is 0.600. The lowest BCUT2D eigenvalue weighted by Gasteiger charge is -2.21. The third-order valence-electron chi connectivity index (χ3n) is 1.85. The van der Waals surface area contributed by atoms with Gasteiger partial charge in [0.1, 0.15) is 0 Å². The first-order valence-electron chi connectivity index (χ1n) is 3.94. The highest BCUT2D eigenvalue weighted by atomic mass is 14.4. The molecule has 0 aromatic carbocycles. The van der Waals surface area contributed by atoms with E-state index in [0.717, 1.165) is 6.42 Å². The van der Waals surface area contributed by atoms with Crippen LogP contribution in [-0.4, -0.2) is 7.05 Å². The lowest BCUT2D eigenvalue weighted by Crippen LogP contribution is -2.08. The molecular weight excluding hydrogens is 134 g/mol. The molecular formula is C10H21N. The second-order valence-corrected chi connectivity index (χ2v) is 2.88. The molecule has 0 aliphatic carbocycles. The summed E-state index contributed by atoms with van der Waals surface area (Å²) in [5.74, 6) is 0. The minimum Gasteiger partial charge on any atom is -0.333 e. The SMILES string of the molecule is C=CC(C)(C)C(=C)CC.CN. The second kappa shape index (κ2) is 6.17. The smallest absolute Gasteiger partial charge is 0.00287 e. The number of allylic oxidation sites excluding steroid dienone is 2. The molecule has 0 saturated heterocycles. The van der Waals surface area contributed by atoms with Crippen molar-refractivity contribution in [1.29, 1.82) is 0 Å². The van der Waals surface area contributed by atoms with Crippen molar-refractivity contribution in [2.24, 2.45) is 11.1 Å². The predicted octanol–water partition coefficient (Wildman–Crippen LogP) is 2.74. The maximum atomic E-state index is 4.50. The summed E-state index contributed by atoms with van der Waals surface area (Å²) in [6, 6.07) is 0. The first-order valence-corrected chi connectivity index (χ1v) is 3.94. The Labute approximate surface area is 71.0 Å². The highest BCUT2D eigenvalue weighted by Gasteiger charge is 2.14. The Hall–Kier alpha value is -0.560. The molecule has 2 N–H and O–H groups in total. The van der Waals surface area contributed by atoms with Crippen molar-refractivity contribution in [2.75, 3.05) is 7.05 Å². The van der Waals surface area contributed by atoms with Crippen LogP contribution in [0.5, 0.6) is 0 Å². The van der Waals surface area contributed by atoms with Crippen molar-refractivity contribution >= 4 is 0 Å². The van der Waals surface area contributed by atoms with Gasteiger partial charge in [-0.1, -0.05) is 39.0 Å². The Balaban J connectivity index is 0. The number of nitrogens with two attached hydrogens (primary N) is 1. The Morgan fingerprint density at radius 2 is 1.82 bits per heavy atom. The van der Waals surface area contributed by atoms with Crippen LogP contribution in [0.3, 0.4) is 0 Å². The molecule has 11 heavy (non-hydrogen) atoms. The van der Waals surface area contributed by atoms with E-state index >= 15 is 0 Å². The molecule has 0 bridgehead atoms. The molecule has 0 aliphatic rings. The molecule has 0 fully saturated rings. The van der Waals surface area contributed by atoms with Crippen molar-refractivity contribution in [2.45, 2.75) is 27.2 Å². The van der Waals surface area contributed by atoms with E-state index in [2.05, 4.69) is 39.7 Å². The molecule has 0 rings (SSSR count). The van der Waals surface area contributed by atoms with Crippen LogP contribution in [0.2, 0.25) is 0 Å². The Bertz CT molecular complexity index is 123. The summed E-state index contributed by atoms with van der Waals surface area (Å²) in [4.78, 5) is 0. The Morgan fingerprint density at radius 1 is 1.45 bits per heavy atom. The molecule has 0 radical (unpaired) electrons. The van der Waals surface area contributed by atoms with Crippen molar-refractivity contribution in [3.63, 3.8) is 0 Å². The summed E-state index contributed by atoms with van der Waals surface area (Å²) in [5.41, 5.74) is 5.87. The van der Waals surface area contributed by atoms with E-state index in [1.807, 2.05) is 6.08 Å². The normalized spacial score (nSPS) is 9.55. The van der Waals surface area contributed by atoms with Crippen LogP contribution in [0.25, 0.3) is 0 Å². The van der Waals surface area contributed by atoms with Gasteiger partial charge in [-0.25, -0.2) is 0 Å². The van der Waals surface area contributed by atoms with Gasteiger partial charge in [0, 0.05) is 5.41 Å². The molecule has 0 atom stereocenters. The quantitative estimate of drug-likeness (QED) is 0.623. The number of hydrogen-bond acceptors (Lipinski definition) is 1. The third-order valence-corrected chi connectivity index (χ3v) is 1.85. The van der Waals surface area contributed by atoms with Gasteiger partial charge in [-0.2, -0.15) is 0 Å². The molecule has 0 saturated carbocycles. The zero-order valence-electron chi connectivity index (χ0n) is 8.28. The Morgan fingerprint density at radius 3 is 1.91 bits per heavy atom. The molecule has 0 spiro atoms. The topological polar surface area (TPSA) is 26.0 Å². The maximum absolute atomic E-state index is 4.50. The van der Waals surface area contributed by atoms with Gasteiger partial charge in [0.05, 0.1) is 0 Å². The molecule has 0 aromatic rings. The Kier molecular flexibility index (Phi) is 7.33. The highest BCUT2D eigenvalue weighted by molar-refractivity contribution is 5.13. The summed E-state index contributed by atoms with van der Waals surface area (Å²) in [7, 11) is 1.50. The fourth-order valence-corrected chi connectivity index (χ4v) is 0.600. The molecule has 0 heterocycles. The standard InChI is InChI=1S/C9H16.CH5N/c1-6-8(3)9(4,5)7-2;1-2/h7H,2-3,6H2,1,4-5H3;2H2,1H3. The van der Waals surface area contributed by atoms with Crippen LogP contribution < -0.4 is 5.73 Å². The van der Waals surface area contributed by atoms with Gasteiger partial charge in [0.2, 0.25) is 0 Å². The van der Waals surface area contributed by atoms with E-state index < -0.39 is 0 Å². The zero-order valence-corrected chi connectivity index (χ0v) is 8.28. The maximum Gasteiger partial charge on any atom is 0.00287 e. The summed E-state index contributed by atoms with van der Waals surface area (Å²) in [6.45, 7) is 14.1. The fourth-order valence-electron chi connectivity index (χ4n) is 0.600. The van der Waals surface area contributed by atoms with E-state index in [4.69, 9.17) is 0 Å². The molecule has 0 aromatic heterocycles. The zero-order chi connectivity index (χ0) is 9.49. The summed E-state index contributed by atoms with van der Waals surface area (Å²) in [5, 5.41) is 0. The van der Waals surface area contributed by atoms with Gasteiger partial charge in [0.15, 0.2) is 0 Å². The van der Waals surface area contributed by atoms with Gasteiger partial charge in [-0.3, -0.25) is 0 Å². The van der Waals surface area contributed by atoms with Crippen LogP contribution in [0.15, 0.2) is 24.8 Å². The molecule has 66 valence electrons. The van der Waals surface area contributed by atoms with Gasteiger partial charge >= 0.3 is 0 Å². The molecule has 0 aliphatic heterocycles. The average molecular weight is 155 g/mol. The van der Waals surface area contributed by atoms with E-state index in [1.54, 1.807) is 0 Å². The van der Waals surface area contributed by atoms with Crippen LogP contribution in [-0.2, 0) is 0 Å². The van der Waals surface area contributed by atoms with Crippen molar-refractivity contribution in [3.05, 3.63) is 24.8 Å². The van der Waals surface area contributed by atoms with Crippen LogP contribution >= 0.6 is 0 Å². The summed E-state index contributed by atoms with van der Waals surface area (Å²) < 4.78 is 0. The minimum atomic E-state index is 0.120. The monoisotopic (exact) mass is 155 g/mol. The van der Waals surface area contributed by atoms with Crippen LogP contribution in [0, 0.1) is 5.41 Å². The number of hydrogen-bond donors (Lipinski definition) is 1. The number of rotatable bonds is 3. The van der Waals surface area contributed by atoms with Crippen LogP contribution in [0.4, 0.5) is 0 Å².